The van der Waals surface area contributed by atoms with Crippen molar-refractivity contribution in [3.05, 3.63) is 35.4 Å². The van der Waals surface area contributed by atoms with Crippen molar-refractivity contribution in [1.82, 2.24) is 4.90 Å². The highest BCUT2D eigenvalue weighted by Crippen LogP contribution is 2.15. The first-order valence-corrected chi connectivity index (χ1v) is 5.52. The molecule has 0 bridgehead atoms. The number of hydrogen-bond donors (Lipinski definition) is 2. The number of rotatable bonds is 3. The van der Waals surface area contributed by atoms with Gasteiger partial charge in [-0.2, -0.15) is 0 Å². The lowest BCUT2D eigenvalue weighted by Gasteiger charge is -2.16. The third-order valence-electron chi connectivity index (χ3n) is 2.99. The smallest absolute Gasteiger partial charge is 0.249 e. The van der Waals surface area contributed by atoms with E-state index in [9.17, 15) is 4.79 Å². The Bertz CT molecular complexity index is 392. The molecular weight excluding hydrogens is 202 g/mol. The highest BCUT2D eigenvalue weighted by atomic mass is 16.1. The van der Waals surface area contributed by atoms with Crippen LogP contribution in [0.3, 0.4) is 0 Å². The fraction of sp³-hybridized carbons (Fsp3) is 0.417. The Morgan fingerprint density at radius 3 is 2.81 bits per heavy atom. The van der Waals surface area contributed by atoms with Crippen molar-refractivity contribution >= 4 is 5.91 Å². The van der Waals surface area contributed by atoms with E-state index in [0.717, 1.165) is 31.6 Å². The highest BCUT2D eigenvalue weighted by Gasteiger charge is 2.20. The number of carbonyl (C=O) groups excluding carboxylic acids is 1. The Morgan fingerprint density at radius 1 is 1.44 bits per heavy atom. The van der Waals surface area contributed by atoms with Gasteiger partial charge < -0.3 is 11.5 Å². The molecule has 1 amide bonds. The first kappa shape index (κ1) is 11.1. The van der Waals surface area contributed by atoms with Crippen molar-refractivity contribution in [2.75, 3.05) is 13.1 Å². The second kappa shape index (κ2) is 4.63. The summed E-state index contributed by atoms with van der Waals surface area (Å²) in [5, 5.41) is 0. The number of nitrogens with two attached hydrogens (primary N) is 2. The number of likely N-dealkylation sites (tertiary alicyclic amines) is 1. The van der Waals surface area contributed by atoms with E-state index in [1.807, 2.05) is 18.2 Å². The van der Waals surface area contributed by atoms with Crippen LogP contribution in [0.2, 0.25) is 0 Å². The SMILES string of the molecule is NC(=O)c1ccccc1CN1CC[C@H](N)C1. The second-order valence-corrected chi connectivity index (χ2v) is 4.31. The number of nitrogens with zero attached hydrogens (tertiary/aromatic N) is 1. The van der Waals surface area contributed by atoms with Gasteiger partial charge in [-0.05, 0) is 18.1 Å². The van der Waals surface area contributed by atoms with Gasteiger partial charge in [0.15, 0.2) is 0 Å². The Balaban J connectivity index is 2.12. The minimum absolute atomic E-state index is 0.265. The summed E-state index contributed by atoms with van der Waals surface area (Å²) < 4.78 is 0. The van der Waals surface area contributed by atoms with Crippen LogP contribution in [0.25, 0.3) is 0 Å². The van der Waals surface area contributed by atoms with Crippen LogP contribution in [-0.4, -0.2) is 29.9 Å². The summed E-state index contributed by atoms with van der Waals surface area (Å²) in [4.78, 5) is 13.5. The molecular formula is C12H17N3O. The molecule has 0 unspecified atom stereocenters. The van der Waals surface area contributed by atoms with Crippen LogP contribution in [0.4, 0.5) is 0 Å². The molecule has 0 aliphatic carbocycles. The largest absolute Gasteiger partial charge is 0.366 e. The molecule has 4 heteroatoms. The maximum Gasteiger partial charge on any atom is 0.249 e. The van der Waals surface area contributed by atoms with E-state index in [1.54, 1.807) is 6.07 Å². The molecule has 1 aliphatic rings. The fourth-order valence-electron chi connectivity index (χ4n) is 2.15. The van der Waals surface area contributed by atoms with E-state index in [2.05, 4.69) is 4.90 Å². The average Bonchev–Trinajstić information content (AvgIpc) is 2.64. The molecule has 0 radical (unpaired) electrons. The van der Waals surface area contributed by atoms with Gasteiger partial charge in [-0.15, -0.1) is 0 Å². The van der Waals surface area contributed by atoms with E-state index in [0.29, 0.717) is 5.56 Å². The van der Waals surface area contributed by atoms with Crippen LogP contribution in [0.1, 0.15) is 22.3 Å². The van der Waals surface area contributed by atoms with Crippen molar-refractivity contribution in [3.63, 3.8) is 0 Å². The second-order valence-electron chi connectivity index (χ2n) is 4.31. The quantitative estimate of drug-likeness (QED) is 0.769. The van der Waals surface area contributed by atoms with Gasteiger partial charge in [0, 0.05) is 31.2 Å². The Kier molecular flexibility index (Phi) is 3.22. The zero-order chi connectivity index (χ0) is 11.5. The monoisotopic (exact) mass is 219 g/mol. The summed E-state index contributed by atoms with van der Waals surface area (Å²) >= 11 is 0. The Labute approximate surface area is 95.2 Å². The van der Waals surface area contributed by atoms with E-state index >= 15 is 0 Å². The van der Waals surface area contributed by atoms with Crippen molar-refractivity contribution in [1.29, 1.82) is 0 Å². The minimum atomic E-state index is -0.362. The average molecular weight is 219 g/mol. The number of primary amides is 1. The topological polar surface area (TPSA) is 72.4 Å². The maximum absolute atomic E-state index is 11.2. The predicted octanol–water partition coefficient (Wildman–Crippen LogP) is 0.319. The first-order valence-electron chi connectivity index (χ1n) is 5.52. The minimum Gasteiger partial charge on any atom is -0.366 e. The predicted molar refractivity (Wildman–Crippen MR) is 62.8 cm³/mol. The molecule has 1 aliphatic heterocycles. The van der Waals surface area contributed by atoms with Crippen LogP contribution in [0.5, 0.6) is 0 Å². The van der Waals surface area contributed by atoms with Crippen LogP contribution in [0.15, 0.2) is 24.3 Å². The van der Waals surface area contributed by atoms with Gasteiger partial charge in [0.1, 0.15) is 0 Å². The molecule has 1 aromatic carbocycles. The van der Waals surface area contributed by atoms with Crippen molar-refractivity contribution in [2.45, 2.75) is 19.0 Å². The first-order chi connectivity index (χ1) is 7.66. The maximum atomic E-state index is 11.2. The van der Waals surface area contributed by atoms with Crippen LogP contribution in [-0.2, 0) is 6.54 Å². The van der Waals surface area contributed by atoms with Crippen molar-refractivity contribution in [3.8, 4) is 0 Å². The highest BCUT2D eigenvalue weighted by molar-refractivity contribution is 5.94. The van der Waals surface area contributed by atoms with E-state index in [1.165, 1.54) is 0 Å². The van der Waals surface area contributed by atoms with E-state index in [-0.39, 0.29) is 11.9 Å². The fourth-order valence-corrected chi connectivity index (χ4v) is 2.15. The lowest BCUT2D eigenvalue weighted by Crippen LogP contribution is -2.27. The molecule has 1 heterocycles. The molecule has 0 spiro atoms. The number of hydrogen-bond acceptors (Lipinski definition) is 3. The lowest BCUT2D eigenvalue weighted by atomic mass is 10.1. The van der Waals surface area contributed by atoms with Crippen LogP contribution >= 0.6 is 0 Å². The molecule has 4 N–H and O–H groups in total. The third-order valence-corrected chi connectivity index (χ3v) is 2.99. The molecule has 1 fully saturated rings. The number of benzene rings is 1. The summed E-state index contributed by atoms with van der Waals surface area (Å²) in [6, 6.07) is 7.75. The third kappa shape index (κ3) is 2.40. The van der Waals surface area contributed by atoms with Gasteiger partial charge in [-0.25, -0.2) is 0 Å². The summed E-state index contributed by atoms with van der Waals surface area (Å²) in [6.07, 6.45) is 1.03. The molecule has 4 nitrogen and oxygen atoms in total. The Morgan fingerprint density at radius 2 is 2.19 bits per heavy atom. The standard InChI is InChI=1S/C12H17N3O/c13-10-5-6-15(8-10)7-9-3-1-2-4-11(9)12(14)16/h1-4,10H,5-8,13H2,(H2,14,16)/t10-/m0/s1. The van der Waals surface area contributed by atoms with Crippen LogP contribution < -0.4 is 11.5 Å². The normalized spacial score (nSPS) is 21.2. The molecule has 86 valence electrons. The van der Waals surface area contributed by atoms with Gasteiger partial charge in [0.2, 0.25) is 5.91 Å². The number of amides is 1. The van der Waals surface area contributed by atoms with Gasteiger partial charge in [0.05, 0.1) is 0 Å². The molecule has 16 heavy (non-hydrogen) atoms. The molecule has 0 saturated carbocycles. The lowest BCUT2D eigenvalue weighted by molar-refractivity contribution is 0.0998. The van der Waals surface area contributed by atoms with Gasteiger partial charge in [-0.1, -0.05) is 18.2 Å². The van der Waals surface area contributed by atoms with Crippen molar-refractivity contribution < 1.29 is 4.79 Å². The molecule has 1 aromatic rings. The summed E-state index contributed by atoms with van der Waals surface area (Å²) in [5.74, 6) is -0.362. The van der Waals surface area contributed by atoms with Gasteiger partial charge >= 0.3 is 0 Å². The molecule has 1 saturated heterocycles. The van der Waals surface area contributed by atoms with Crippen molar-refractivity contribution in [2.24, 2.45) is 11.5 Å². The molecule has 1 atom stereocenters. The summed E-state index contributed by atoms with van der Waals surface area (Å²) in [6.45, 7) is 2.65. The molecule has 2 rings (SSSR count). The zero-order valence-electron chi connectivity index (χ0n) is 9.23. The van der Waals surface area contributed by atoms with Crippen LogP contribution in [0, 0.1) is 0 Å². The summed E-state index contributed by atoms with van der Waals surface area (Å²) in [5.41, 5.74) is 12.8. The Hall–Kier alpha value is -1.39. The van der Waals surface area contributed by atoms with Gasteiger partial charge in [-0.3, -0.25) is 9.69 Å². The van der Waals surface area contributed by atoms with Gasteiger partial charge in [0.25, 0.3) is 0 Å². The number of carbonyl (C=O) groups is 1. The van der Waals surface area contributed by atoms with E-state index < -0.39 is 0 Å². The summed E-state index contributed by atoms with van der Waals surface area (Å²) in [7, 11) is 0. The zero-order valence-corrected chi connectivity index (χ0v) is 9.23. The molecule has 0 aromatic heterocycles. The van der Waals surface area contributed by atoms with E-state index in [4.69, 9.17) is 11.5 Å².